The van der Waals surface area contributed by atoms with Crippen LogP contribution >= 0.6 is 0 Å². The summed E-state index contributed by atoms with van der Waals surface area (Å²) in [4.78, 5) is 17.1. The van der Waals surface area contributed by atoms with Crippen LogP contribution < -0.4 is 0 Å². The molecule has 2 atom stereocenters. The molecule has 0 bridgehead atoms. The van der Waals surface area contributed by atoms with E-state index >= 15 is 0 Å². The average Bonchev–Trinajstić information content (AvgIpc) is 3.07. The number of carbonyl (C=O) groups is 1. The molecule has 0 saturated carbocycles. The molecule has 0 N–H and O–H groups in total. The van der Waals surface area contributed by atoms with E-state index in [9.17, 15) is 4.79 Å². The normalized spacial score (nSPS) is 28.2. The number of likely N-dealkylation sites (N-methyl/N-ethyl adjacent to an activating group) is 1. The van der Waals surface area contributed by atoms with Gasteiger partial charge in [-0.1, -0.05) is 0 Å². The molecule has 4 heteroatoms. The van der Waals surface area contributed by atoms with E-state index in [-0.39, 0.29) is 5.91 Å². The number of nitrogens with zero attached hydrogens (tertiary/aromatic N) is 2. The Morgan fingerprint density at radius 3 is 2.63 bits per heavy atom. The Labute approximate surface area is 114 Å². The van der Waals surface area contributed by atoms with Crippen molar-refractivity contribution < 1.29 is 9.21 Å². The molecule has 1 amide bonds. The number of amides is 1. The number of aryl methyl sites for hydroxylation is 1. The van der Waals surface area contributed by atoms with E-state index in [1.807, 2.05) is 6.92 Å². The third-order valence-electron chi connectivity index (χ3n) is 4.67. The molecular formula is C15H22N2O2. The lowest BCUT2D eigenvalue weighted by molar-refractivity contribution is 0.0662. The topological polar surface area (TPSA) is 36.7 Å². The first-order valence-corrected chi connectivity index (χ1v) is 7.24. The number of carbonyl (C=O) groups excluding carboxylic acids is 1. The van der Waals surface area contributed by atoms with Gasteiger partial charge in [-0.3, -0.25) is 4.79 Å². The fraction of sp³-hybridized carbons (Fsp3) is 0.667. The maximum Gasteiger partial charge on any atom is 0.257 e. The molecule has 1 aromatic rings. The Kier molecular flexibility index (Phi) is 3.35. The molecule has 4 nitrogen and oxygen atoms in total. The molecule has 104 valence electrons. The zero-order valence-corrected chi connectivity index (χ0v) is 11.8. The minimum absolute atomic E-state index is 0.147. The Balaban J connectivity index is 1.80. The predicted molar refractivity (Wildman–Crippen MR) is 73.2 cm³/mol. The molecule has 2 saturated heterocycles. The van der Waals surface area contributed by atoms with Gasteiger partial charge in [0.2, 0.25) is 0 Å². The third-order valence-corrected chi connectivity index (χ3v) is 4.67. The van der Waals surface area contributed by atoms with Gasteiger partial charge >= 0.3 is 0 Å². The Morgan fingerprint density at radius 2 is 2.00 bits per heavy atom. The van der Waals surface area contributed by atoms with Crippen LogP contribution in [-0.2, 0) is 0 Å². The lowest BCUT2D eigenvalue weighted by Crippen LogP contribution is -2.47. The Hall–Kier alpha value is -1.29. The highest BCUT2D eigenvalue weighted by molar-refractivity contribution is 5.95. The van der Waals surface area contributed by atoms with Crippen LogP contribution in [0, 0.1) is 6.92 Å². The van der Waals surface area contributed by atoms with Gasteiger partial charge in [0.1, 0.15) is 5.76 Å². The number of hydrogen-bond donors (Lipinski definition) is 0. The van der Waals surface area contributed by atoms with Gasteiger partial charge in [-0.2, -0.15) is 0 Å². The van der Waals surface area contributed by atoms with E-state index in [1.54, 1.807) is 12.3 Å². The highest BCUT2D eigenvalue weighted by Crippen LogP contribution is 2.30. The third kappa shape index (κ3) is 2.18. The van der Waals surface area contributed by atoms with E-state index in [0.717, 1.165) is 37.3 Å². The van der Waals surface area contributed by atoms with Crippen LogP contribution in [-0.4, -0.2) is 47.9 Å². The van der Waals surface area contributed by atoms with Crippen LogP contribution in [0.2, 0.25) is 0 Å². The van der Waals surface area contributed by atoms with E-state index in [4.69, 9.17) is 4.42 Å². The molecular weight excluding hydrogens is 240 g/mol. The van der Waals surface area contributed by atoms with Crippen molar-refractivity contribution in [2.75, 3.05) is 20.1 Å². The molecule has 2 aliphatic heterocycles. The smallest absolute Gasteiger partial charge is 0.257 e. The summed E-state index contributed by atoms with van der Waals surface area (Å²) in [6, 6.07) is 2.72. The van der Waals surface area contributed by atoms with Gasteiger partial charge in [-0.15, -0.1) is 0 Å². The zero-order valence-electron chi connectivity index (χ0n) is 11.8. The van der Waals surface area contributed by atoms with Gasteiger partial charge in [0, 0.05) is 18.6 Å². The Morgan fingerprint density at radius 1 is 1.26 bits per heavy atom. The second-order valence-electron chi connectivity index (χ2n) is 5.79. The molecule has 3 heterocycles. The second-order valence-corrected chi connectivity index (χ2v) is 5.79. The van der Waals surface area contributed by atoms with Gasteiger partial charge in [0.25, 0.3) is 5.91 Å². The molecule has 0 aliphatic carbocycles. The van der Waals surface area contributed by atoms with Gasteiger partial charge in [-0.25, -0.2) is 0 Å². The summed E-state index contributed by atoms with van der Waals surface area (Å²) in [6.07, 6.45) is 6.34. The first kappa shape index (κ1) is 12.7. The van der Waals surface area contributed by atoms with Gasteiger partial charge in [-0.05, 0) is 52.3 Å². The Bertz CT molecular complexity index is 468. The van der Waals surface area contributed by atoms with E-state index in [2.05, 4.69) is 16.8 Å². The highest BCUT2D eigenvalue weighted by atomic mass is 16.3. The summed E-state index contributed by atoms with van der Waals surface area (Å²) in [5.41, 5.74) is 0.729. The number of hydrogen-bond acceptors (Lipinski definition) is 3. The fourth-order valence-corrected chi connectivity index (χ4v) is 3.63. The molecule has 2 aliphatic rings. The lowest BCUT2D eigenvalue weighted by atomic mass is 10.0. The standard InChI is InChI=1S/C15H22N2O2/c1-11-12(7-10-19-11)15(18)17-9-4-6-14(17)13-5-3-8-16(13)2/h7,10,13-14H,3-6,8-9H2,1-2H3/t13-,14-/m1/s1. The second kappa shape index (κ2) is 5.00. The molecule has 0 unspecified atom stereocenters. The summed E-state index contributed by atoms with van der Waals surface area (Å²) < 4.78 is 5.27. The van der Waals surface area contributed by atoms with Crippen molar-refractivity contribution in [3.63, 3.8) is 0 Å². The van der Waals surface area contributed by atoms with Crippen LogP contribution in [0.15, 0.2) is 16.7 Å². The van der Waals surface area contributed by atoms with Crippen LogP contribution in [0.1, 0.15) is 41.8 Å². The van der Waals surface area contributed by atoms with Gasteiger partial charge in [0.05, 0.1) is 11.8 Å². The van der Waals surface area contributed by atoms with Crippen LogP contribution in [0.4, 0.5) is 0 Å². The van der Waals surface area contributed by atoms with E-state index in [1.165, 1.54) is 12.8 Å². The van der Waals surface area contributed by atoms with Crippen molar-refractivity contribution in [1.29, 1.82) is 0 Å². The summed E-state index contributed by atoms with van der Waals surface area (Å²) >= 11 is 0. The molecule has 0 aromatic carbocycles. The van der Waals surface area contributed by atoms with Crippen LogP contribution in [0.5, 0.6) is 0 Å². The van der Waals surface area contributed by atoms with Crippen molar-refractivity contribution in [2.24, 2.45) is 0 Å². The van der Waals surface area contributed by atoms with E-state index < -0.39 is 0 Å². The molecule has 3 rings (SSSR count). The molecule has 0 spiro atoms. The van der Waals surface area contributed by atoms with Crippen molar-refractivity contribution in [3.8, 4) is 0 Å². The minimum Gasteiger partial charge on any atom is -0.469 e. The maximum absolute atomic E-state index is 12.7. The highest BCUT2D eigenvalue weighted by Gasteiger charge is 2.39. The first-order valence-electron chi connectivity index (χ1n) is 7.24. The lowest BCUT2D eigenvalue weighted by Gasteiger charge is -2.33. The summed E-state index contributed by atoms with van der Waals surface area (Å²) in [7, 11) is 2.18. The summed E-state index contributed by atoms with van der Waals surface area (Å²) in [5.74, 6) is 0.879. The summed E-state index contributed by atoms with van der Waals surface area (Å²) in [5, 5.41) is 0. The van der Waals surface area contributed by atoms with Gasteiger partial charge < -0.3 is 14.2 Å². The van der Waals surface area contributed by atoms with Crippen LogP contribution in [0.3, 0.4) is 0 Å². The van der Waals surface area contributed by atoms with Gasteiger partial charge in [0.15, 0.2) is 0 Å². The monoisotopic (exact) mass is 262 g/mol. The van der Waals surface area contributed by atoms with Crippen molar-refractivity contribution in [2.45, 2.75) is 44.7 Å². The molecule has 19 heavy (non-hydrogen) atoms. The quantitative estimate of drug-likeness (QED) is 0.820. The first-order chi connectivity index (χ1) is 9.18. The summed E-state index contributed by atoms with van der Waals surface area (Å²) in [6.45, 7) is 3.91. The van der Waals surface area contributed by atoms with Crippen molar-refractivity contribution in [1.82, 2.24) is 9.80 Å². The molecule has 2 fully saturated rings. The minimum atomic E-state index is 0.147. The van der Waals surface area contributed by atoms with Crippen LogP contribution in [0.25, 0.3) is 0 Å². The van der Waals surface area contributed by atoms with E-state index in [0.29, 0.717) is 12.1 Å². The molecule has 0 radical (unpaired) electrons. The maximum atomic E-state index is 12.7. The fourth-order valence-electron chi connectivity index (χ4n) is 3.63. The number of furan rings is 1. The number of rotatable bonds is 2. The predicted octanol–water partition coefficient (Wildman–Crippen LogP) is 2.29. The van der Waals surface area contributed by atoms with Crippen molar-refractivity contribution in [3.05, 3.63) is 23.7 Å². The van der Waals surface area contributed by atoms with Crippen molar-refractivity contribution >= 4 is 5.91 Å². The number of likely N-dealkylation sites (tertiary alicyclic amines) is 2. The largest absolute Gasteiger partial charge is 0.469 e. The molecule has 1 aromatic heterocycles. The zero-order chi connectivity index (χ0) is 13.4. The average molecular weight is 262 g/mol. The SMILES string of the molecule is Cc1occc1C(=O)N1CCC[C@@H]1[C@H]1CCCN1C.